The summed E-state index contributed by atoms with van der Waals surface area (Å²) >= 11 is 0. The second-order valence-corrected chi connectivity index (χ2v) is 8.04. The summed E-state index contributed by atoms with van der Waals surface area (Å²) in [4.78, 5) is 24.6. The molecule has 1 aliphatic rings. The molecule has 2 N–H and O–H groups in total. The maximum absolute atomic E-state index is 13.7. The molecule has 1 fully saturated rings. The summed E-state index contributed by atoms with van der Waals surface area (Å²) in [5, 5.41) is 5.11. The van der Waals surface area contributed by atoms with Crippen LogP contribution in [0.2, 0.25) is 0 Å². The second-order valence-electron chi connectivity index (χ2n) is 8.04. The van der Waals surface area contributed by atoms with Crippen LogP contribution in [0.15, 0.2) is 12.1 Å². The summed E-state index contributed by atoms with van der Waals surface area (Å²) in [6, 6.07) is 0.203. The van der Waals surface area contributed by atoms with Gasteiger partial charge in [-0.1, -0.05) is 13.8 Å². The minimum atomic E-state index is -1.38. The molecule has 9 heteroatoms. The average Bonchev–Trinajstić information content (AvgIpc) is 2.58. The van der Waals surface area contributed by atoms with Crippen molar-refractivity contribution in [2.75, 3.05) is 13.2 Å². The minimum Gasteiger partial charge on any atom is -0.352 e. The maximum atomic E-state index is 13.7. The van der Waals surface area contributed by atoms with E-state index in [9.17, 15) is 22.8 Å². The highest BCUT2D eigenvalue weighted by Gasteiger charge is 2.45. The van der Waals surface area contributed by atoms with Crippen molar-refractivity contribution in [3.63, 3.8) is 0 Å². The molecule has 1 aliphatic heterocycles. The molecule has 156 valence electrons. The van der Waals surface area contributed by atoms with E-state index in [1.54, 1.807) is 20.8 Å². The smallest absolute Gasteiger partial charge is 0.254 e. The van der Waals surface area contributed by atoms with Gasteiger partial charge < -0.3 is 20.1 Å². The Morgan fingerprint density at radius 1 is 1.14 bits per heavy atom. The monoisotopic (exact) mass is 402 g/mol. The first-order chi connectivity index (χ1) is 12.8. The zero-order valence-corrected chi connectivity index (χ0v) is 16.5. The summed E-state index contributed by atoms with van der Waals surface area (Å²) < 4.78 is 51.2. The molecule has 1 heterocycles. The number of halogens is 3. The number of nitrogens with one attached hydrogen (secondary N) is 2. The van der Waals surface area contributed by atoms with Crippen LogP contribution in [-0.2, 0) is 14.3 Å². The molecule has 1 saturated heterocycles. The van der Waals surface area contributed by atoms with Gasteiger partial charge in [-0.3, -0.25) is 9.59 Å². The van der Waals surface area contributed by atoms with Gasteiger partial charge in [0.25, 0.3) is 5.91 Å². The fourth-order valence-corrected chi connectivity index (χ4v) is 2.72. The van der Waals surface area contributed by atoms with Gasteiger partial charge >= 0.3 is 0 Å². The fourth-order valence-electron chi connectivity index (χ4n) is 2.72. The van der Waals surface area contributed by atoms with Crippen molar-refractivity contribution in [3.8, 4) is 0 Å². The maximum Gasteiger partial charge on any atom is 0.254 e. The van der Waals surface area contributed by atoms with Gasteiger partial charge in [0.2, 0.25) is 5.91 Å². The number of benzene rings is 1. The lowest BCUT2D eigenvalue weighted by Crippen LogP contribution is -2.57. The first kappa shape index (κ1) is 22.2. The molecule has 0 aliphatic carbocycles. The molecule has 1 aromatic carbocycles. The predicted octanol–water partition coefficient (Wildman–Crippen LogP) is 2.52. The first-order valence-electron chi connectivity index (χ1n) is 8.87. The van der Waals surface area contributed by atoms with E-state index in [0.29, 0.717) is 18.7 Å². The molecule has 0 spiro atoms. The standard InChI is InChI=1S/C19H25F3N2O4/c1-10(24-16(25)11-6-13(21)14(22)7-12(11)20)8-23-17(26)15-18(2,3)9-27-19(4,5)28-15/h6-7,10,15H,8-9H2,1-5H3,(H,23,26)(H,24,25)/t10-,15-/m1/s1. The van der Waals surface area contributed by atoms with Gasteiger partial charge in [0.15, 0.2) is 17.4 Å². The summed E-state index contributed by atoms with van der Waals surface area (Å²) in [7, 11) is 0. The Labute approximate surface area is 161 Å². The zero-order chi connectivity index (χ0) is 21.3. The molecule has 0 saturated carbocycles. The lowest BCUT2D eigenvalue weighted by Gasteiger charge is -2.44. The topological polar surface area (TPSA) is 76.7 Å². The van der Waals surface area contributed by atoms with Gasteiger partial charge in [-0.25, -0.2) is 13.2 Å². The third-order valence-corrected chi connectivity index (χ3v) is 4.36. The summed E-state index contributed by atoms with van der Waals surface area (Å²) in [5.41, 5.74) is -1.17. The van der Waals surface area contributed by atoms with Crippen molar-refractivity contribution in [2.45, 2.75) is 52.6 Å². The van der Waals surface area contributed by atoms with Crippen LogP contribution in [0.3, 0.4) is 0 Å². The Morgan fingerprint density at radius 3 is 2.39 bits per heavy atom. The quantitative estimate of drug-likeness (QED) is 0.742. The van der Waals surface area contributed by atoms with E-state index in [2.05, 4.69) is 10.6 Å². The average molecular weight is 402 g/mol. The van der Waals surface area contributed by atoms with E-state index in [1.807, 2.05) is 13.8 Å². The van der Waals surface area contributed by atoms with Crippen LogP contribution >= 0.6 is 0 Å². The molecule has 2 rings (SSSR count). The normalized spacial score (nSPS) is 21.6. The summed E-state index contributed by atoms with van der Waals surface area (Å²) in [6.45, 7) is 9.04. The highest BCUT2D eigenvalue weighted by molar-refractivity contribution is 5.94. The van der Waals surface area contributed by atoms with Crippen LogP contribution in [0.5, 0.6) is 0 Å². The molecule has 0 aromatic heterocycles. The van der Waals surface area contributed by atoms with Gasteiger partial charge in [-0.05, 0) is 26.8 Å². The van der Waals surface area contributed by atoms with Gasteiger partial charge in [0, 0.05) is 24.1 Å². The number of rotatable bonds is 5. The minimum absolute atomic E-state index is 0.0348. The largest absolute Gasteiger partial charge is 0.352 e. The third kappa shape index (κ3) is 5.23. The van der Waals surface area contributed by atoms with Gasteiger partial charge in [-0.15, -0.1) is 0 Å². The molecule has 1 aromatic rings. The SMILES string of the molecule is C[C@H](CNC(=O)[C@H]1OC(C)(C)OCC1(C)C)NC(=O)c1cc(F)c(F)cc1F. The van der Waals surface area contributed by atoms with Crippen molar-refractivity contribution >= 4 is 11.8 Å². The van der Waals surface area contributed by atoms with Crippen molar-refractivity contribution in [1.29, 1.82) is 0 Å². The Morgan fingerprint density at radius 2 is 1.75 bits per heavy atom. The van der Waals surface area contributed by atoms with E-state index < -0.39 is 52.3 Å². The molecule has 0 radical (unpaired) electrons. The van der Waals surface area contributed by atoms with Crippen LogP contribution in [-0.4, -0.2) is 42.9 Å². The fraction of sp³-hybridized carbons (Fsp3) is 0.579. The lowest BCUT2D eigenvalue weighted by molar-refractivity contribution is -0.304. The Balaban J connectivity index is 1.94. The second kappa shape index (κ2) is 8.08. The van der Waals surface area contributed by atoms with Crippen LogP contribution in [0, 0.1) is 22.9 Å². The molecule has 6 nitrogen and oxygen atoms in total. The molecule has 2 amide bonds. The summed E-state index contributed by atoms with van der Waals surface area (Å²) in [5.74, 6) is -6.07. The highest BCUT2D eigenvalue weighted by Crippen LogP contribution is 2.34. The van der Waals surface area contributed by atoms with Gasteiger partial charge in [0.1, 0.15) is 11.9 Å². The number of ether oxygens (including phenoxy) is 2. The van der Waals surface area contributed by atoms with Crippen molar-refractivity contribution < 1.29 is 32.2 Å². The Bertz CT molecular complexity index is 768. The van der Waals surface area contributed by atoms with E-state index >= 15 is 0 Å². The Kier molecular flexibility index (Phi) is 6.40. The lowest BCUT2D eigenvalue weighted by atomic mass is 9.85. The molecule has 0 bridgehead atoms. The zero-order valence-electron chi connectivity index (χ0n) is 16.5. The predicted molar refractivity (Wildman–Crippen MR) is 94.9 cm³/mol. The van der Waals surface area contributed by atoms with E-state index in [1.165, 1.54) is 0 Å². The Hall–Kier alpha value is -2.13. The highest BCUT2D eigenvalue weighted by atomic mass is 19.2. The van der Waals surface area contributed by atoms with Crippen molar-refractivity contribution in [1.82, 2.24) is 10.6 Å². The molecule has 28 heavy (non-hydrogen) atoms. The molecule has 0 unspecified atom stereocenters. The van der Waals surface area contributed by atoms with E-state index in [-0.39, 0.29) is 12.5 Å². The number of hydrogen-bond acceptors (Lipinski definition) is 4. The van der Waals surface area contributed by atoms with Gasteiger partial charge in [0.05, 0.1) is 12.2 Å². The van der Waals surface area contributed by atoms with Gasteiger partial charge in [-0.2, -0.15) is 0 Å². The van der Waals surface area contributed by atoms with Crippen LogP contribution in [0.25, 0.3) is 0 Å². The van der Waals surface area contributed by atoms with E-state index in [0.717, 1.165) is 0 Å². The third-order valence-electron chi connectivity index (χ3n) is 4.36. The van der Waals surface area contributed by atoms with Crippen molar-refractivity contribution in [3.05, 3.63) is 35.1 Å². The summed E-state index contributed by atoms with van der Waals surface area (Å²) in [6.07, 6.45) is -0.761. The number of hydrogen-bond donors (Lipinski definition) is 2. The van der Waals surface area contributed by atoms with Crippen LogP contribution in [0.1, 0.15) is 45.0 Å². The van der Waals surface area contributed by atoms with Crippen LogP contribution < -0.4 is 10.6 Å². The molecular formula is C19H25F3N2O4. The number of carbonyl (C=O) groups excluding carboxylic acids is 2. The molecular weight excluding hydrogens is 377 g/mol. The number of carbonyl (C=O) groups is 2. The number of amides is 2. The van der Waals surface area contributed by atoms with Crippen LogP contribution in [0.4, 0.5) is 13.2 Å². The van der Waals surface area contributed by atoms with E-state index in [4.69, 9.17) is 9.47 Å². The molecule has 2 atom stereocenters. The van der Waals surface area contributed by atoms with Crippen molar-refractivity contribution in [2.24, 2.45) is 5.41 Å². The first-order valence-corrected chi connectivity index (χ1v) is 8.87.